The third-order valence-electron chi connectivity index (χ3n) is 3.60. The summed E-state index contributed by atoms with van der Waals surface area (Å²) in [6.45, 7) is 4.47. The third kappa shape index (κ3) is 5.35. The summed E-state index contributed by atoms with van der Waals surface area (Å²) < 4.78 is 5.25. The van der Waals surface area contributed by atoms with Crippen LogP contribution in [-0.4, -0.2) is 57.1 Å². The van der Waals surface area contributed by atoms with Gasteiger partial charge in [-0.05, 0) is 24.3 Å². The molecule has 0 unspecified atom stereocenters. The van der Waals surface area contributed by atoms with Crippen molar-refractivity contribution >= 4 is 23.4 Å². The maximum atomic E-state index is 11.8. The van der Waals surface area contributed by atoms with E-state index in [9.17, 15) is 14.4 Å². The third-order valence-corrected chi connectivity index (χ3v) is 3.60. The Morgan fingerprint density at radius 3 is 2.35 bits per heavy atom. The van der Waals surface area contributed by atoms with E-state index in [-0.39, 0.29) is 0 Å². The highest BCUT2D eigenvalue weighted by atomic mass is 16.5. The zero-order valence-electron chi connectivity index (χ0n) is 12.8. The molecule has 124 valence electrons. The summed E-state index contributed by atoms with van der Waals surface area (Å²) >= 11 is 0. The molecule has 1 aliphatic rings. The zero-order valence-corrected chi connectivity index (χ0v) is 12.8. The van der Waals surface area contributed by atoms with Gasteiger partial charge >= 0.3 is 11.8 Å². The number of nitrogens with two attached hydrogens (primary N) is 1. The summed E-state index contributed by atoms with van der Waals surface area (Å²) in [4.78, 5) is 35.8. The topological polar surface area (TPSA) is 115 Å². The summed E-state index contributed by atoms with van der Waals surface area (Å²) in [7, 11) is 0. The minimum absolute atomic E-state index is 0.334. The van der Waals surface area contributed by atoms with Crippen molar-refractivity contribution in [1.82, 2.24) is 5.32 Å². The first-order chi connectivity index (χ1) is 11.1. The van der Waals surface area contributed by atoms with Crippen molar-refractivity contribution in [3.63, 3.8) is 0 Å². The van der Waals surface area contributed by atoms with Crippen molar-refractivity contribution in [3.05, 3.63) is 29.8 Å². The van der Waals surface area contributed by atoms with E-state index in [2.05, 4.69) is 10.6 Å². The molecule has 1 aromatic rings. The lowest BCUT2D eigenvalue weighted by Crippen LogP contribution is -3.14. The highest BCUT2D eigenvalue weighted by Gasteiger charge is 2.16. The molecule has 1 heterocycles. The molecule has 1 saturated heterocycles. The molecule has 3 amide bonds. The van der Waals surface area contributed by atoms with Gasteiger partial charge in [0.05, 0.1) is 26.3 Å². The molecule has 0 aromatic heterocycles. The smallest absolute Gasteiger partial charge is 0.313 e. The van der Waals surface area contributed by atoms with Gasteiger partial charge in [0.2, 0.25) is 5.91 Å². The van der Waals surface area contributed by atoms with Gasteiger partial charge in [0.1, 0.15) is 13.1 Å². The summed E-state index contributed by atoms with van der Waals surface area (Å²) in [5, 5.41) is 5.06. The van der Waals surface area contributed by atoms with Crippen molar-refractivity contribution in [1.29, 1.82) is 0 Å². The monoisotopic (exact) mass is 321 g/mol. The molecular formula is C15H21N4O4+. The number of benzene rings is 1. The first kappa shape index (κ1) is 16.9. The number of carbonyl (C=O) groups excluding carboxylic acids is 3. The van der Waals surface area contributed by atoms with E-state index in [4.69, 9.17) is 10.5 Å². The Kier molecular flexibility index (Phi) is 6.07. The second-order valence-electron chi connectivity index (χ2n) is 5.26. The van der Waals surface area contributed by atoms with Gasteiger partial charge in [-0.25, -0.2) is 0 Å². The van der Waals surface area contributed by atoms with Gasteiger partial charge < -0.3 is 26.0 Å². The molecule has 2 rings (SSSR count). The van der Waals surface area contributed by atoms with Crippen LogP contribution in [0.15, 0.2) is 24.3 Å². The van der Waals surface area contributed by atoms with Crippen molar-refractivity contribution in [2.75, 3.05) is 44.7 Å². The number of hydrogen-bond donors (Lipinski definition) is 4. The molecule has 1 aliphatic heterocycles. The lowest BCUT2D eigenvalue weighted by molar-refractivity contribution is -0.906. The Morgan fingerprint density at radius 1 is 1.09 bits per heavy atom. The van der Waals surface area contributed by atoms with E-state index < -0.39 is 17.7 Å². The van der Waals surface area contributed by atoms with Gasteiger partial charge in [0.15, 0.2) is 0 Å². The van der Waals surface area contributed by atoms with Crippen LogP contribution in [0.25, 0.3) is 0 Å². The SMILES string of the molecule is NC(=O)c1ccc(NC(=O)C(=O)NCC[NH+]2CCOCC2)cc1. The maximum Gasteiger partial charge on any atom is 0.313 e. The second kappa shape index (κ2) is 8.25. The molecule has 0 bridgehead atoms. The minimum atomic E-state index is -0.742. The van der Waals surface area contributed by atoms with Crippen LogP contribution < -0.4 is 21.3 Å². The molecule has 0 spiro atoms. The van der Waals surface area contributed by atoms with Crippen LogP contribution in [-0.2, 0) is 14.3 Å². The van der Waals surface area contributed by atoms with E-state index in [1.54, 1.807) is 0 Å². The van der Waals surface area contributed by atoms with Gasteiger partial charge in [-0.3, -0.25) is 14.4 Å². The summed E-state index contributed by atoms with van der Waals surface area (Å²) in [6.07, 6.45) is 0. The zero-order chi connectivity index (χ0) is 16.7. The molecule has 0 radical (unpaired) electrons. The number of primary amides is 1. The lowest BCUT2D eigenvalue weighted by atomic mass is 10.2. The predicted octanol–water partition coefficient (Wildman–Crippen LogP) is -2.24. The molecule has 23 heavy (non-hydrogen) atoms. The number of nitrogens with one attached hydrogen (secondary N) is 3. The van der Waals surface area contributed by atoms with Gasteiger partial charge in [-0.1, -0.05) is 0 Å². The first-order valence-electron chi connectivity index (χ1n) is 7.46. The van der Waals surface area contributed by atoms with Gasteiger partial charge in [0.25, 0.3) is 0 Å². The molecule has 0 aliphatic carbocycles. The first-order valence-corrected chi connectivity index (χ1v) is 7.46. The van der Waals surface area contributed by atoms with Gasteiger partial charge in [0, 0.05) is 11.3 Å². The fraction of sp³-hybridized carbons (Fsp3) is 0.400. The van der Waals surface area contributed by atoms with Crippen molar-refractivity contribution in [3.8, 4) is 0 Å². The highest BCUT2D eigenvalue weighted by Crippen LogP contribution is 2.08. The molecule has 0 atom stereocenters. The van der Waals surface area contributed by atoms with Crippen LogP contribution in [0.2, 0.25) is 0 Å². The fourth-order valence-corrected chi connectivity index (χ4v) is 2.25. The molecule has 8 heteroatoms. The Hall–Kier alpha value is -2.45. The Morgan fingerprint density at radius 2 is 1.74 bits per heavy atom. The normalized spacial score (nSPS) is 15.0. The van der Waals surface area contributed by atoms with Crippen LogP contribution in [0, 0.1) is 0 Å². The number of rotatable bonds is 5. The number of amides is 3. The molecule has 1 fully saturated rings. The molecule has 5 N–H and O–H groups in total. The number of carbonyl (C=O) groups is 3. The molecule has 1 aromatic carbocycles. The summed E-state index contributed by atoms with van der Waals surface area (Å²) in [6, 6.07) is 6.00. The van der Waals surface area contributed by atoms with Crippen LogP contribution in [0.3, 0.4) is 0 Å². The molecule has 8 nitrogen and oxygen atoms in total. The second-order valence-corrected chi connectivity index (χ2v) is 5.26. The van der Waals surface area contributed by atoms with E-state index in [0.29, 0.717) is 17.8 Å². The van der Waals surface area contributed by atoms with Gasteiger partial charge in [-0.2, -0.15) is 0 Å². The Labute approximate surface area is 134 Å². The van der Waals surface area contributed by atoms with E-state index in [1.165, 1.54) is 29.2 Å². The predicted molar refractivity (Wildman–Crippen MR) is 83.0 cm³/mol. The summed E-state index contributed by atoms with van der Waals surface area (Å²) in [5.74, 6) is -1.98. The number of hydrogen-bond acceptors (Lipinski definition) is 4. The van der Waals surface area contributed by atoms with Crippen molar-refractivity contribution in [2.45, 2.75) is 0 Å². The number of ether oxygens (including phenoxy) is 1. The quantitative estimate of drug-likeness (QED) is 0.459. The average Bonchev–Trinajstić information content (AvgIpc) is 2.56. The van der Waals surface area contributed by atoms with Crippen LogP contribution in [0.1, 0.15) is 10.4 Å². The van der Waals surface area contributed by atoms with Crippen LogP contribution in [0.4, 0.5) is 5.69 Å². The molecular weight excluding hydrogens is 300 g/mol. The van der Waals surface area contributed by atoms with Gasteiger partial charge in [-0.15, -0.1) is 0 Å². The largest absolute Gasteiger partial charge is 0.370 e. The fourth-order valence-electron chi connectivity index (χ4n) is 2.25. The maximum absolute atomic E-state index is 11.8. The van der Waals surface area contributed by atoms with Crippen molar-refractivity contribution < 1.29 is 24.0 Å². The minimum Gasteiger partial charge on any atom is -0.370 e. The van der Waals surface area contributed by atoms with Crippen molar-refractivity contribution in [2.24, 2.45) is 5.73 Å². The number of anilines is 1. The lowest BCUT2D eigenvalue weighted by Gasteiger charge is -2.23. The summed E-state index contributed by atoms with van der Waals surface area (Å²) in [5.41, 5.74) is 5.89. The molecule has 0 saturated carbocycles. The number of quaternary nitrogens is 1. The Bertz CT molecular complexity index is 567. The highest BCUT2D eigenvalue weighted by molar-refractivity contribution is 6.39. The standard InChI is InChI=1S/C15H20N4O4/c16-13(20)11-1-3-12(4-2-11)18-15(22)14(21)17-5-6-19-7-9-23-10-8-19/h1-4H,5-10H2,(H2,16,20)(H,17,21)(H,18,22)/p+1. The Balaban J connectivity index is 1.73. The average molecular weight is 321 g/mol. The van der Waals surface area contributed by atoms with E-state index >= 15 is 0 Å². The van der Waals surface area contributed by atoms with Crippen LogP contribution in [0.5, 0.6) is 0 Å². The van der Waals surface area contributed by atoms with E-state index in [0.717, 1.165) is 32.8 Å². The van der Waals surface area contributed by atoms with Crippen LogP contribution >= 0.6 is 0 Å². The number of morpholine rings is 1. The van der Waals surface area contributed by atoms with E-state index in [1.807, 2.05) is 0 Å².